The van der Waals surface area contributed by atoms with Crippen molar-refractivity contribution in [2.75, 3.05) is 26.2 Å². The Balaban J connectivity index is 1.75. The number of carbonyl (C=O) groups is 1. The molecule has 0 aliphatic carbocycles. The smallest absolute Gasteiger partial charge is 0.272 e. The quantitative estimate of drug-likeness (QED) is 0.668. The van der Waals surface area contributed by atoms with Gasteiger partial charge >= 0.3 is 0 Å². The molecule has 3 rings (SSSR count). The summed E-state index contributed by atoms with van der Waals surface area (Å²) in [6, 6.07) is 3.19. The van der Waals surface area contributed by atoms with E-state index in [1.165, 1.54) is 12.1 Å². The first-order valence-corrected chi connectivity index (χ1v) is 7.50. The average molecular weight is 307 g/mol. The van der Waals surface area contributed by atoms with Gasteiger partial charge in [0.15, 0.2) is 0 Å². The fourth-order valence-electron chi connectivity index (χ4n) is 3.38. The van der Waals surface area contributed by atoms with Crippen LogP contribution in [0.5, 0.6) is 0 Å². The molecule has 0 aromatic heterocycles. The third kappa shape index (κ3) is 2.81. The minimum atomic E-state index is -0.828. The molecule has 2 fully saturated rings. The minimum absolute atomic E-state index is 0.0872. The molecular weight excluding hydrogens is 289 g/mol. The van der Waals surface area contributed by atoms with Gasteiger partial charge < -0.3 is 10.2 Å². The van der Waals surface area contributed by atoms with Crippen molar-refractivity contribution < 1.29 is 14.1 Å². The molecule has 2 aliphatic heterocycles. The van der Waals surface area contributed by atoms with E-state index in [1.807, 2.05) is 0 Å². The van der Waals surface area contributed by atoms with Crippen LogP contribution in [0.2, 0.25) is 0 Å². The van der Waals surface area contributed by atoms with Crippen LogP contribution in [0.25, 0.3) is 0 Å². The number of rotatable bonds is 2. The summed E-state index contributed by atoms with van der Waals surface area (Å²) in [5, 5.41) is 14.0. The van der Waals surface area contributed by atoms with E-state index in [0.717, 1.165) is 32.0 Å². The number of non-ortho nitro benzene ring substituents is 1. The second kappa shape index (κ2) is 6.00. The van der Waals surface area contributed by atoms with Gasteiger partial charge in [0, 0.05) is 19.2 Å². The lowest BCUT2D eigenvalue weighted by Crippen LogP contribution is -2.33. The van der Waals surface area contributed by atoms with Gasteiger partial charge in [-0.2, -0.15) is 0 Å². The number of hydrogen-bond acceptors (Lipinski definition) is 4. The van der Waals surface area contributed by atoms with Gasteiger partial charge in [0.1, 0.15) is 5.82 Å². The number of nitrogens with zero attached hydrogens (tertiary/aromatic N) is 2. The average Bonchev–Trinajstić information content (AvgIpc) is 2.85. The van der Waals surface area contributed by atoms with Crippen LogP contribution < -0.4 is 5.32 Å². The van der Waals surface area contributed by atoms with E-state index in [0.29, 0.717) is 24.9 Å². The van der Waals surface area contributed by atoms with Crippen molar-refractivity contribution in [2.45, 2.75) is 12.8 Å². The Kier molecular flexibility index (Phi) is 4.06. The molecule has 2 saturated heterocycles. The van der Waals surface area contributed by atoms with Crippen LogP contribution in [-0.4, -0.2) is 41.9 Å². The van der Waals surface area contributed by atoms with Crippen LogP contribution in [0.4, 0.5) is 10.1 Å². The van der Waals surface area contributed by atoms with Crippen LogP contribution in [0, 0.1) is 27.8 Å². The highest BCUT2D eigenvalue weighted by atomic mass is 19.1. The van der Waals surface area contributed by atoms with Gasteiger partial charge in [-0.1, -0.05) is 0 Å². The Morgan fingerprint density at radius 3 is 2.45 bits per heavy atom. The Hall–Kier alpha value is -2.02. The Morgan fingerprint density at radius 1 is 1.27 bits per heavy atom. The molecule has 1 aromatic carbocycles. The topological polar surface area (TPSA) is 75.5 Å². The molecule has 0 spiro atoms. The summed E-state index contributed by atoms with van der Waals surface area (Å²) < 4.78 is 14.0. The van der Waals surface area contributed by atoms with Crippen LogP contribution in [0.1, 0.15) is 23.2 Å². The largest absolute Gasteiger partial charge is 0.339 e. The summed E-state index contributed by atoms with van der Waals surface area (Å²) in [5.41, 5.74) is -0.429. The van der Waals surface area contributed by atoms with Crippen molar-refractivity contribution in [3.63, 3.8) is 0 Å². The highest BCUT2D eigenvalue weighted by Crippen LogP contribution is 2.28. The number of likely N-dealkylation sites (tertiary alicyclic amines) is 1. The van der Waals surface area contributed by atoms with Gasteiger partial charge in [0.25, 0.3) is 11.6 Å². The third-order valence-corrected chi connectivity index (χ3v) is 4.70. The molecule has 2 atom stereocenters. The van der Waals surface area contributed by atoms with Gasteiger partial charge in [-0.25, -0.2) is 4.39 Å². The maximum atomic E-state index is 14.0. The zero-order chi connectivity index (χ0) is 15.7. The van der Waals surface area contributed by atoms with Crippen LogP contribution >= 0.6 is 0 Å². The molecule has 0 bridgehead atoms. The molecular formula is C15H18FN3O3. The van der Waals surface area contributed by atoms with Gasteiger partial charge in [0.05, 0.1) is 16.6 Å². The van der Waals surface area contributed by atoms with Crippen molar-refractivity contribution >= 4 is 11.6 Å². The minimum Gasteiger partial charge on any atom is -0.339 e. The number of fused-ring (bicyclic) bond motifs is 1. The highest BCUT2D eigenvalue weighted by molar-refractivity contribution is 5.94. The molecule has 7 heteroatoms. The molecule has 0 radical (unpaired) electrons. The molecule has 1 amide bonds. The Morgan fingerprint density at radius 2 is 1.91 bits per heavy atom. The maximum Gasteiger partial charge on any atom is 0.272 e. The van der Waals surface area contributed by atoms with Crippen molar-refractivity contribution in [3.8, 4) is 0 Å². The summed E-state index contributed by atoms with van der Waals surface area (Å²) in [6.45, 7) is 3.19. The molecule has 6 nitrogen and oxygen atoms in total. The molecule has 2 heterocycles. The summed E-state index contributed by atoms with van der Waals surface area (Å²) in [6.07, 6.45) is 1.83. The number of hydrogen-bond donors (Lipinski definition) is 1. The van der Waals surface area contributed by atoms with E-state index in [4.69, 9.17) is 0 Å². The zero-order valence-corrected chi connectivity index (χ0v) is 12.1. The second-order valence-electron chi connectivity index (χ2n) is 5.97. The van der Waals surface area contributed by atoms with Crippen LogP contribution in [0.3, 0.4) is 0 Å². The van der Waals surface area contributed by atoms with Gasteiger partial charge in [-0.05, 0) is 43.8 Å². The van der Waals surface area contributed by atoms with E-state index in [1.54, 1.807) is 4.90 Å². The van der Waals surface area contributed by atoms with Crippen molar-refractivity contribution in [2.24, 2.45) is 11.8 Å². The van der Waals surface area contributed by atoms with Gasteiger partial charge in [-0.15, -0.1) is 0 Å². The lowest BCUT2D eigenvalue weighted by Gasteiger charge is -2.21. The number of carbonyl (C=O) groups excluding carboxylic acids is 1. The summed E-state index contributed by atoms with van der Waals surface area (Å²) in [4.78, 5) is 24.1. The number of halogens is 1. The fourth-order valence-corrected chi connectivity index (χ4v) is 3.38. The monoisotopic (exact) mass is 307 g/mol. The first kappa shape index (κ1) is 14.9. The fraction of sp³-hybridized carbons (Fsp3) is 0.533. The standard InChI is InChI=1S/C15H18FN3O3/c16-14-7-12(19(21)22)1-2-13(14)15(20)18-5-3-10-8-17-9-11(10)4-6-18/h1-2,7,10-11,17H,3-6,8-9H2/t10-,11+. The number of nitro benzene ring substituents is 1. The molecule has 0 unspecified atom stereocenters. The zero-order valence-electron chi connectivity index (χ0n) is 12.1. The van der Waals surface area contributed by atoms with E-state index < -0.39 is 10.7 Å². The third-order valence-electron chi connectivity index (χ3n) is 4.70. The maximum absolute atomic E-state index is 14.0. The summed E-state index contributed by atoms with van der Waals surface area (Å²) in [7, 11) is 0. The number of benzene rings is 1. The number of amides is 1. The summed E-state index contributed by atoms with van der Waals surface area (Å²) in [5.74, 6) is -0.0374. The van der Waals surface area contributed by atoms with E-state index >= 15 is 0 Å². The Labute approximate surface area is 127 Å². The lowest BCUT2D eigenvalue weighted by molar-refractivity contribution is -0.385. The lowest BCUT2D eigenvalue weighted by atomic mass is 9.92. The molecule has 118 valence electrons. The van der Waals surface area contributed by atoms with Gasteiger partial charge in [-0.3, -0.25) is 14.9 Å². The Bertz CT molecular complexity index is 594. The molecule has 2 aliphatic rings. The van der Waals surface area contributed by atoms with Crippen molar-refractivity contribution in [1.82, 2.24) is 10.2 Å². The molecule has 1 aromatic rings. The molecule has 22 heavy (non-hydrogen) atoms. The first-order valence-electron chi connectivity index (χ1n) is 7.50. The summed E-state index contributed by atoms with van der Waals surface area (Å²) >= 11 is 0. The normalized spacial score (nSPS) is 24.7. The van der Waals surface area contributed by atoms with Crippen molar-refractivity contribution in [1.29, 1.82) is 0 Å². The van der Waals surface area contributed by atoms with E-state index in [-0.39, 0.29) is 17.2 Å². The van der Waals surface area contributed by atoms with Gasteiger partial charge in [0.2, 0.25) is 0 Å². The highest BCUT2D eigenvalue weighted by Gasteiger charge is 2.32. The molecule has 0 saturated carbocycles. The predicted octanol–water partition coefficient (Wildman–Crippen LogP) is 1.81. The second-order valence-corrected chi connectivity index (χ2v) is 5.97. The van der Waals surface area contributed by atoms with Crippen molar-refractivity contribution in [3.05, 3.63) is 39.7 Å². The first-order chi connectivity index (χ1) is 10.6. The number of nitro groups is 1. The predicted molar refractivity (Wildman–Crippen MR) is 78.0 cm³/mol. The SMILES string of the molecule is O=C(c1ccc([N+](=O)[O-])cc1F)N1CC[C@@H]2CNC[C@@H]2CC1. The number of nitrogens with one attached hydrogen (secondary N) is 1. The van der Waals surface area contributed by atoms with E-state index in [9.17, 15) is 19.3 Å². The van der Waals surface area contributed by atoms with E-state index in [2.05, 4.69) is 5.32 Å². The van der Waals surface area contributed by atoms with Crippen LogP contribution in [0.15, 0.2) is 18.2 Å². The van der Waals surface area contributed by atoms with Crippen LogP contribution in [-0.2, 0) is 0 Å². The molecule has 1 N–H and O–H groups in total.